The molecule has 0 atom stereocenters. The number of aromatic hydroxyl groups is 1. The molecule has 1 aliphatic heterocycles. The van der Waals surface area contributed by atoms with Gasteiger partial charge in [0, 0.05) is 19.0 Å². The molecule has 1 saturated heterocycles. The number of nitrogens with one attached hydrogen (secondary N) is 1. The lowest BCUT2D eigenvalue weighted by molar-refractivity contribution is 0.425. The lowest BCUT2D eigenvalue weighted by Gasteiger charge is -2.25. The van der Waals surface area contributed by atoms with E-state index in [0.29, 0.717) is 5.92 Å². The predicted octanol–water partition coefficient (Wildman–Crippen LogP) is 0.122. The van der Waals surface area contributed by atoms with Crippen molar-refractivity contribution in [3.8, 4) is 5.75 Å². The summed E-state index contributed by atoms with van der Waals surface area (Å²) >= 11 is 0. The summed E-state index contributed by atoms with van der Waals surface area (Å²) in [6.07, 6.45) is 1.66. The molecule has 0 amide bonds. The van der Waals surface area contributed by atoms with Crippen LogP contribution in [-0.2, 0) is 0 Å². The molecule has 2 aromatic rings. The summed E-state index contributed by atoms with van der Waals surface area (Å²) in [4.78, 5) is 0. The summed E-state index contributed by atoms with van der Waals surface area (Å²) in [6.45, 7) is 1.88. The van der Waals surface area contributed by atoms with Crippen molar-refractivity contribution >= 4 is 5.65 Å². The first-order valence-corrected chi connectivity index (χ1v) is 4.59. The third kappa shape index (κ3) is 0.990. The van der Waals surface area contributed by atoms with Crippen molar-refractivity contribution in [3.05, 3.63) is 24.2 Å². The first kappa shape index (κ1) is 7.75. The topological polar surface area (TPSA) is 62.5 Å². The average molecular weight is 190 g/mol. The van der Waals surface area contributed by atoms with E-state index >= 15 is 0 Å². The fraction of sp³-hybridized carbons (Fsp3) is 0.333. The minimum absolute atomic E-state index is 0.242. The molecule has 0 bridgehead atoms. The number of hydrogen-bond donors (Lipinski definition) is 2. The number of nitrogens with zero attached hydrogens (tertiary/aromatic N) is 3. The van der Waals surface area contributed by atoms with E-state index < -0.39 is 0 Å². The fourth-order valence-electron chi connectivity index (χ4n) is 1.65. The molecule has 0 radical (unpaired) electrons. The highest BCUT2D eigenvalue weighted by Crippen LogP contribution is 2.20. The minimum atomic E-state index is 0.242. The molecule has 5 heteroatoms. The highest BCUT2D eigenvalue weighted by Gasteiger charge is 2.23. The largest absolute Gasteiger partial charge is 0.506 e. The van der Waals surface area contributed by atoms with Crippen LogP contribution in [0.15, 0.2) is 18.3 Å². The van der Waals surface area contributed by atoms with E-state index in [1.165, 1.54) is 0 Å². The van der Waals surface area contributed by atoms with Gasteiger partial charge in [-0.1, -0.05) is 0 Å². The summed E-state index contributed by atoms with van der Waals surface area (Å²) < 4.78 is 1.85. The van der Waals surface area contributed by atoms with Gasteiger partial charge in [0.1, 0.15) is 11.6 Å². The van der Waals surface area contributed by atoms with Crippen molar-refractivity contribution in [1.82, 2.24) is 19.9 Å². The minimum Gasteiger partial charge on any atom is -0.506 e. The number of pyridine rings is 1. The molecule has 2 N–H and O–H groups in total. The monoisotopic (exact) mass is 190 g/mol. The zero-order chi connectivity index (χ0) is 9.54. The van der Waals surface area contributed by atoms with Gasteiger partial charge in [-0.3, -0.25) is 4.40 Å². The van der Waals surface area contributed by atoms with Crippen LogP contribution in [0.4, 0.5) is 0 Å². The normalized spacial score (nSPS) is 17.1. The first-order valence-electron chi connectivity index (χ1n) is 4.59. The Morgan fingerprint density at radius 3 is 2.93 bits per heavy atom. The third-order valence-corrected chi connectivity index (χ3v) is 2.56. The molecular formula is C9H10N4O. The van der Waals surface area contributed by atoms with E-state index in [1.807, 2.05) is 4.40 Å². The highest BCUT2D eigenvalue weighted by atomic mass is 16.3. The molecule has 1 fully saturated rings. The van der Waals surface area contributed by atoms with Crippen molar-refractivity contribution in [2.45, 2.75) is 5.92 Å². The maximum Gasteiger partial charge on any atom is 0.161 e. The Hall–Kier alpha value is -1.62. The molecule has 0 spiro atoms. The second-order valence-electron chi connectivity index (χ2n) is 3.53. The van der Waals surface area contributed by atoms with Crippen molar-refractivity contribution in [3.63, 3.8) is 0 Å². The summed E-state index contributed by atoms with van der Waals surface area (Å²) in [7, 11) is 0. The maximum absolute atomic E-state index is 9.35. The van der Waals surface area contributed by atoms with Crippen LogP contribution in [0, 0.1) is 0 Å². The molecule has 0 aromatic carbocycles. The molecule has 0 aliphatic carbocycles. The van der Waals surface area contributed by atoms with Crippen molar-refractivity contribution < 1.29 is 5.11 Å². The molecule has 14 heavy (non-hydrogen) atoms. The van der Waals surface area contributed by atoms with Gasteiger partial charge in [-0.25, -0.2) is 0 Å². The van der Waals surface area contributed by atoms with Gasteiger partial charge in [-0.05, 0) is 12.1 Å². The second kappa shape index (κ2) is 2.68. The molecule has 1 aliphatic rings. The summed E-state index contributed by atoms with van der Waals surface area (Å²) in [5.74, 6) is 1.59. The summed E-state index contributed by atoms with van der Waals surface area (Å²) in [6, 6.07) is 3.38. The zero-order valence-corrected chi connectivity index (χ0v) is 7.51. The van der Waals surface area contributed by atoms with Crippen LogP contribution in [0.1, 0.15) is 11.7 Å². The smallest absolute Gasteiger partial charge is 0.161 e. The number of aromatic nitrogens is 3. The maximum atomic E-state index is 9.35. The van der Waals surface area contributed by atoms with Gasteiger partial charge in [-0.15, -0.1) is 10.2 Å². The molecule has 5 nitrogen and oxygen atoms in total. The molecule has 0 unspecified atom stereocenters. The lowest BCUT2D eigenvalue weighted by atomic mass is 10.0. The van der Waals surface area contributed by atoms with Gasteiger partial charge in [0.05, 0.1) is 6.20 Å². The Morgan fingerprint density at radius 1 is 1.36 bits per heavy atom. The predicted molar refractivity (Wildman–Crippen MR) is 50.3 cm³/mol. The van der Waals surface area contributed by atoms with Crippen LogP contribution in [0.2, 0.25) is 0 Å². The molecule has 3 heterocycles. The van der Waals surface area contributed by atoms with Gasteiger partial charge >= 0.3 is 0 Å². The van der Waals surface area contributed by atoms with Crippen molar-refractivity contribution in [1.29, 1.82) is 0 Å². The number of rotatable bonds is 1. The van der Waals surface area contributed by atoms with Crippen LogP contribution in [0.5, 0.6) is 5.75 Å². The highest BCUT2D eigenvalue weighted by molar-refractivity contribution is 5.41. The fourth-order valence-corrected chi connectivity index (χ4v) is 1.65. The standard InChI is InChI=1S/C9H10N4O/c14-7-1-2-8-11-12-9(13(8)5-7)6-3-10-4-6/h1-2,5-6,10,14H,3-4H2. The van der Waals surface area contributed by atoms with Gasteiger partial charge in [-0.2, -0.15) is 0 Å². The Kier molecular flexibility index (Phi) is 1.49. The SMILES string of the molecule is Oc1ccc2nnc(C3CNC3)n2c1. The van der Waals surface area contributed by atoms with Gasteiger partial charge < -0.3 is 10.4 Å². The van der Waals surface area contributed by atoms with Crippen LogP contribution in [0.25, 0.3) is 5.65 Å². The second-order valence-corrected chi connectivity index (χ2v) is 3.53. The van der Waals surface area contributed by atoms with Crippen LogP contribution in [0.3, 0.4) is 0 Å². The van der Waals surface area contributed by atoms with E-state index in [0.717, 1.165) is 24.6 Å². The average Bonchev–Trinajstić information content (AvgIpc) is 2.46. The Bertz CT molecular complexity index is 475. The van der Waals surface area contributed by atoms with Gasteiger partial charge in [0.15, 0.2) is 5.65 Å². The van der Waals surface area contributed by atoms with Gasteiger partial charge in [0.25, 0.3) is 0 Å². The van der Waals surface area contributed by atoms with E-state index in [2.05, 4.69) is 15.5 Å². The molecule has 0 saturated carbocycles. The van der Waals surface area contributed by atoms with Crippen LogP contribution >= 0.6 is 0 Å². The Balaban J connectivity index is 2.18. The van der Waals surface area contributed by atoms with E-state index in [1.54, 1.807) is 18.3 Å². The first-order chi connectivity index (χ1) is 6.84. The Morgan fingerprint density at radius 2 is 2.21 bits per heavy atom. The Labute approximate surface area is 80.4 Å². The lowest BCUT2D eigenvalue weighted by Crippen LogP contribution is -2.40. The summed E-state index contributed by atoms with van der Waals surface area (Å²) in [5, 5.41) is 20.7. The van der Waals surface area contributed by atoms with Crippen LogP contribution in [-0.4, -0.2) is 32.8 Å². The molecular weight excluding hydrogens is 180 g/mol. The van der Waals surface area contributed by atoms with Crippen molar-refractivity contribution in [2.75, 3.05) is 13.1 Å². The molecule has 72 valence electrons. The summed E-state index contributed by atoms with van der Waals surface area (Å²) in [5.41, 5.74) is 0.782. The van der Waals surface area contributed by atoms with Gasteiger partial charge in [0.2, 0.25) is 0 Å². The van der Waals surface area contributed by atoms with Crippen LogP contribution < -0.4 is 5.32 Å². The number of hydrogen-bond acceptors (Lipinski definition) is 4. The molecule has 2 aromatic heterocycles. The van der Waals surface area contributed by atoms with E-state index in [-0.39, 0.29) is 5.75 Å². The van der Waals surface area contributed by atoms with E-state index in [4.69, 9.17) is 0 Å². The molecule has 3 rings (SSSR count). The van der Waals surface area contributed by atoms with Crippen molar-refractivity contribution in [2.24, 2.45) is 0 Å². The van der Waals surface area contributed by atoms with E-state index in [9.17, 15) is 5.11 Å². The third-order valence-electron chi connectivity index (χ3n) is 2.56. The number of fused-ring (bicyclic) bond motifs is 1. The zero-order valence-electron chi connectivity index (χ0n) is 7.51. The quantitative estimate of drug-likeness (QED) is 0.670.